The van der Waals surface area contributed by atoms with Crippen LogP contribution in [0.5, 0.6) is 0 Å². The first kappa shape index (κ1) is 10.9. The highest BCUT2D eigenvalue weighted by molar-refractivity contribution is 5.44. The molecule has 0 heterocycles. The summed E-state index contributed by atoms with van der Waals surface area (Å²) in [7, 11) is 0. The summed E-state index contributed by atoms with van der Waals surface area (Å²) in [6.45, 7) is 0. The smallest absolute Gasteiger partial charge is 0.258 e. The highest BCUT2D eigenvalue weighted by Gasteiger charge is 2.32. The fourth-order valence-electron chi connectivity index (χ4n) is 0.879. The van der Waals surface area contributed by atoms with E-state index in [1.807, 2.05) is 0 Å². The average Bonchev–Trinajstić information content (AvgIpc) is 2.16. The zero-order chi connectivity index (χ0) is 11.7. The Morgan fingerprint density at radius 3 is 1.73 bits per heavy atom. The van der Waals surface area contributed by atoms with Crippen LogP contribution < -0.4 is 0 Å². The van der Waals surface area contributed by atoms with Gasteiger partial charge in [0.1, 0.15) is 11.6 Å². The van der Waals surface area contributed by atoms with E-state index >= 15 is 0 Å². The summed E-state index contributed by atoms with van der Waals surface area (Å²) in [5.74, 6) is -8.56. The van der Waals surface area contributed by atoms with Crippen LogP contribution in [0.2, 0.25) is 0 Å². The minimum Gasteiger partial charge on any atom is -0.258 e. The lowest BCUT2D eigenvalue weighted by molar-refractivity contribution is -0.390. The summed E-state index contributed by atoms with van der Waals surface area (Å²) >= 11 is 0. The minimum atomic E-state index is -2.20. The van der Waals surface area contributed by atoms with Crippen molar-refractivity contribution in [3.8, 4) is 6.07 Å². The van der Waals surface area contributed by atoms with Crippen LogP contribution in [0.4, 0.5) is 23.2 Å². The molecule has 0 aromatic heterocycles. The van der Waals surface area contributed by atoms with Crippen molar-refractivity contribution in [2.75, 3.05) is 0 Å². The van der Waals surface area contributed by atoms with Crippen LogP contribution in [0.25, 0.3) is 0 Å². The molecule has 0 aliphatic rings. The van der Waals surface area contributed by atoms with Gasteiger partial charge in [-0.15, -0.1) is 0 Å². The Labute approximate surface area is 79.5 Å². The monoisotopic (exact) mass is 220 g/mol. The number of nitro groups is 1. The third kappa shape index (κ3) is 1.48. The van der Waals surface area contributed by atoms with E-state index in [4.69, 9.17) is 5.26 Å². The second-order valence-electron chi connectivity index (χ2n) is 2.35. The molecule has 78 valence electrons. The van der Waals surface area contributed by atoms with Crippen LogP contribution >= 0.6 is 0 Å². The highest BCUT2D eigenvalue weighted by Crippen LogP contribution is 2.28. The molecule has 0 N–H and O–H groups in total. The quantitative estimate of drug-likeness (QED) is 0.314. The Hall–Kier alpha value is -2.17. The molecule has 1 aromatic carbocycles. The molecule has 1 rings (SSSR count). The van der Waals surface area contributed by atoms with Crippen LogP contribution in [0.3, 0.4) is 0 Å². The average molecular weight is 220 g/mol. The fourth-order valence-corrected chi connectivity index (χ4v) is 0.879. The third-order valence-corrected chi connectivity index (χ3v) is 1.53. The predicted octanol–water partition coefficient (Wildman–Crippen LogP) is 2.02. The van der Waals surface area contributed by atoms with Gasteiger partial charge in [-0.3, -0.25) is 10.1 Å². The van der Waals surface area contributed by atoms with Crippen molar-refractivity contribution in [3.63, 3.8) is 0 Å². The van der Waals surface area contributed by atoms with Crippen molar-refractivity contribution in [2.45, 2.75) is 0 Å². The lowest BCUT2D eigenvalue weighted by atomic mass is 10.1. The lowest BCUT2D eigenvalue weighted by Crippen LogP contribution is -2.06. The van der Waals surface area contributed by atoms with E-state index < -0.39 is 39.4 Å². The van der Waals surface area contributed by atoms with Gasteiger partial charge in [0.15, 0.2) is 11.6 Å². The van der Waals surface area contributed by atoms with Crippen LogP contribution in [-0.2, 0) is 0 Å². The molecule has 8 heteroatoms. The number of rotatable bonds is 1. The first-order chi connectivity index (χ1) is 6.91. The van der Waals surface area contributed by atoms with E-state index in [1.54, 1.807) is 0 Å². The number of hydrogen-bond acceptors (Lipinski definition) is 3. The summed E-state index contributed by atoms with van der Waals surface area (Å²) in [4.78, 5) is 8.44. The van der Waals surface area contributed by atoms with Crippen LogP contribution in [0.1, 0.15) is 5.56 Å². The maximum Gasteiger partial charge on any atom is 0.346 e. The molecule has 0 atom stereocenters. The van der Waals surface area contributed by atoms with Gasteiger partial charge >= 0.3 is 5.69 Å². The van der Waals surface area contributed by atoms with Gasteiger partial charge in [0.25, 0.3) is 0 Å². The second kappa shape index (κ2) is 3.53. The molecule has 1 aromatic rings. The Bertz CT molecular complexity index is 466. The van der Waals surface area contributed by atoms with Gasteiger partial charge in [-0.05, 0) is 0 Å². The van der Waals surface area contributed by atoms with Crippen molar-refractivity contribution < 1.29 is 22.5 Å². The lowest BCUT2D eigenvalue weighted by Gasteiger charge is -2.00. The number of benzene rings is 1. The first-order valence-electron chi connectivity index (χ1n) is 3.32. The van der Waals surface area contributed by atoms with E-state index in [2.05, 4.69) is 0 Å². The van der Waals surface area contributed by atoms with Crippen LogP contribution in [-0.4, -0.2) is 4.92 Å². The molecular weight excluding hydrogens is 220 g/mol. The van der Waals surface area contributed by atoms with E-state index in [0.717, 1.165) is 6.07 Å². The number of nitriles is 1. The molecule has 0 radical (unpaired) electrons. The maximum absolute atomic E-state index is 12.8. The zero-order valence-corrected chi connectivity index (χ0v) is 6.72. The Morgan fingerprint density at radius 1 is 1.07 bits per heavy atom. The molecule has 0 aliphatic heterocycles. The molecule has 0 bridgehead atoms. The predicted molar refractivity (Wildman–Crippen MR) is 37.6 cm³/mol. The van der Waals surface area contributed by atoms with Crippen molar-refractivity contribution in [3.05, 3.63) is 38.9 Å². The van der Waals surface area contributed by atoms with Crippen molar-refractivity contribution >= 4 is 5.69 Å². The van der Waals surface area contributed by atoms with Gasteiger partial charge in [0.05, 0.1) is 4.92 Å². The molecule has 0 spiro atoms. The normalized spacial score (nSPS) is 9.80. The molecule has 0 saturated carbocycles. The van der Waals surface area contributed by atoms with E-state index in [-0.39, 0.29) is 0 Å². The molecule has 15 heavy (non-hydrogen) atoms. The van der Waals surface area contributed by atoms with Gasteiger partial charge in [0, 0.05) is 0 Å². The summed E-state index contributed by atoms with van der Waals surface area (Å²) in [5.41, 5.74) is -3.49. The Morgan fingerprint density at radius 2 is 1.47 bits per heavy atom. The molecule has 0 fully saturated rings. The van der Waals surface area contributed by atoms with Crippen LogP contribution in [0, 0.1) is 44.7 Å². The molecule has 0 saturated heterocycles. The number of hydrogen-bond donors (Lipinski definition) is 0. The van der Waals surface area contributed by atoms with Gasteiger partial charge in [-0.25, -0.2) is 8.78 Å². The minimum absolute atomic E-state index is 0.859. The summed E-state index contributed by atoms with van der Waals surface area (Å²) in [6.07, 6.45) is 0. The van der Waals surface area contributed by atoms with Gasteiger partial charge in [0.2, 0.25) is 11.6 Å². The largest absolute Gasteiger partial charge is 0.346 e. The maximum atomic E-state index is 12.8. The molecule has 4 nitrogen and oxygen atoms in total. The fraction of sp³-hybridized carbons (Fsp3) is 0. The van der Waals surface area contributed by atoms with Crippen molar-refractivity contribution in [2.24, 2.45) is 0 Å². The standard InChI is InChI=1S/C7F4N2O2/c8-3-2(1-12)4(9)6(11)7(5(3)10)13(14)15. The van der Waals surface area contributed by atoms with Gasteiger partial charge in [-0.1, -0.05) is 0 Å². The van der Waals surface area contributed by atoms with Crippen molar-refractivity contribution in [1.82, 2.24) is 0 Å². The number of halogens is 4. The SMILES string of the molecule is N#Cc1c(F)c(F)c([N+](=O)[O-])c(F)c1F. The molecule has 0 aliphatic carbocycles. The van der Waals surface area contributed by atoms with Crippen LogP contribution in [0.15, 0.2) is 0 Å². The van der Waals surface area contributed by atoms with Gasteiger partial charge < -0.3 is 0 Å². The van der Waals surface area contributed by atoms with Crippen molar-refractivity contribution in [1.29, 1.82) is 5.26 Å². The summed E-state index contributed by atoms with van der Waals surface area (Å²) in [6, 6.07) is 0.859. The molecule has 0 unspecified atom stereocenters. The zero-order valence-electron chi connectivity index (χ0n) is 6.72. The summed E-state index contributed by atoms with van der Waals surface area (Å²) < 4.78 is 51.0. The second-order valence-corrected chi connectivity index (χ2v) is 2.35. The van der Waals surface area contributed by atoms with E-state index in [0.29, 0.717) is 0 Å². The molecular formula is C7F4N2O2. The van der Waals surface area contributed by atoms with Gasteiger partial charge in [-0.2, -0.15) is 14.0 Å². The first-order valence-corrected chi connectivity index (χ1v) is 3.32. The van der Waals surface area contributed by atoms with E-state index in [1.165, 1.54) is 0 Å². The highest BCUT2D eigenvalue weighted by atomic mass is 19.2. The number of nitrogens with zero attached hydrogens (tertiary/aromatic N) is 2. The topological polar surface area (TPSA) is 66.9 Å². The Balaban J connectivity index is 3.76. The number of nitro benzene ring substituents is 1. The molecule has 0 amide bonds. The Kier molecular flexibility index (Phi) is 2.57. The summed E-state index contributed by atoms with van der Waals surface area (Å²) in [5, 5.41) is 18.2. The van der Waals surface area contributed by atoms with E-state index in [9.17, 15) is 27.7 Å². The third-order valence-electron chi connectivity index (χ3n) is 1.53.